The number of aliphatic imine (C=N–C) groups is 1. The van der Waals surface area contributed by atoms with Crippen molar-refractivity contribution in [2.75, 3.05) is 32.7 Å². The Labute approximate surface area is 169 Å². The topological polar surface area (TPSA) is 61.6 Å². The normalized spacial score (nSPS) is 25.3. The molecule has 3 aliphatic rings. The summed E-state index contributed by atoms with van der Waals surface area (Å²) in [6, 6.07) is 0.635. The lowest BCUT2D eigenvalue weighted by molar-refractivity contribution is 0.264. The van der Waals surface area contributed by atoms with Crippen LogP contribution in [-0.4, -0.2) is 69.3 Å². The zero-order chi connectivity index (χ0) is 19.6. The van der Waals surface area contributed by atoms with E-state index in [2.05, 4.69) is 32.2 Å². The fourth-order valence-corrected chi connectivity index (χ4v) is 5.40. The lowest BCUT2D eigenvalue weighted by Gasteiger charge is -2.28. The molecule has 4 rings (SSSR count). The second-order valence-corrected chi connectivity index (χ2v) is 9.05. The van der Waals surface area contributed by atoms with E-state index < -0.39 is 0 Å². The highest BCUT2D eigenvalue weighted by Gasteiger charge is 2.41. The Balaban J connectivity index is 1.46. The molecule has 2 saturated heterocycles. The highest BCUT2D eigenvalue weighted by atomic mass is 15.3. The van der Waals surface area contributed by atoms with E-state index in [0.29, 0.717) is 18.0 Å². The maximum absolute atomic E-state index is 5.01. The van der Waals surface area contributed by atoms with Gasteiger partial charge in [0.05, 0.1) is 0 Å². The smallest absolute Gasteiger partial charge is 0.194 e. The van der Waals surface area contributed by atoms with E-state index >= 15 is 0 Å². The summed E-state index contributed by atoms with van der Waals surface area (Å²) < 4.78 is 2.04. The highest BCUT2D eigenvalue weighted by Crippen LogP contribution is 2.45. The Kier molecular flexibility index (Phi) is 5.90. The van der Waals surface area contributed by atoms with Gasteiger partial charge in [-0.25, -0.2) is 4.99 Å². The van der Waals surface area contributed by atoms with Gasteiger partial charge in [-0.2, -0.15) is 0 Å². The lowest BCUT2D eigenvalue weighted by Crippen LogP contribution is -2.46. The maximum atomic E-state index is 5.01. The monoisotopic (exact) mass is 387 g/mol. The van der Waals surface area contributed by atoms with E-state index in [1.807, 2.05) is 18.5 Å². The lowest BCUT2D eigenvalue weighted by atomic mass is 9.86. The summed E-state index contributed by atoms with van der Waals surface area (Å²) in [5.74, 6) is 2.95. The largest absolute Gasteiger partial charge is 0.355 e. The van der Waals surface area contributed by atoms with E-state index in [4.69, 9.17) is 4.99 Å². The van der Waals surface area contributed by atoms with Crippen molar-refractivity contribution in [1.82, 2.24) is 29.9 Å². The average molecular weight is 388 g/mol. The van der Waals surface area contributed by atoms with Crippen LogP contribution >= 0.6 is 0 Å². The van der Waals surface area contributed by atoms with Crippen LogP contribution < -0.4 is 5.32 Å². The van der Waals surface area contributed by atoms with Crippen molar-refractivity contribution in [1.29, 1.82) is 0 Å². The molecule has 28 heavy (non-hydrogen) atoms. The van der Waals surface area contributed by atoms with Crippen LogP contribution in [0, 0.1) is 12.3 Å². The molecule has 7 nitrogen and oxygen atoms in total. The van der Waals surface area contributed by atoms with Gasteiger partial charge in [-0.1, -0.05) is 19.8 Å². The van der Waals surface area contributed by atoms with Gasteiger partial charge in [0.25, 0.3) is 0 Å². The van der Waals surface area contributed by atoms with Gasteiger partial charge < -0.3 is 14.8 Å². The quantitative estimate of drug-likeness (QED) is 0.621. The summed E-state index contributed by atoms with van der Waals surface area (Å²) in [6.07, 6.45) is 9.52. The van der Waals surface area contributed by atoms with E-state index in [-0.39, 0.29) is 0 Å². The van der Waals surface area contributed by atoms with Gasteiger partial charge >= 0.3 is 0 Å². The molecule has 3 heterocycles. The van der Waals surface area contributed by atoms with Crippen molar-refractivity contribution < 1.29 is 0 Å². The standard InChI is InChI=1S/C21H37N7/c1-4-27-12-7-8-18(27)14-22-20(23-15-19-25-24-17(2)26(19)3)28-13-11-21(16-28)9-5-6-10-21/h18H,4-16H2,1-3H3,(H,22,23). The average Bonchev–Trinajstić information content (AvgIpc) is 3.48. The predicted molar refractivity (Wildman–Crippen MR) is 112 cm³/mol. The molecular weight excluding hydrogens is 350 g/mol. The second kappa shape index (κ2) is 8.39. The molecule has 1 aliphatic carbocycles. The van der Waals surface area contributed by atoms with Crippen molar-refractivity contribution in [2.24, 2.45) is 17.5 Å². The van der Waals surface area contributed by atoms with Crippen LogP contribution in [0.3, 0.4) is 0 Å². The number of likely N-dealkylation sites (N-methyl/N-ethyl adjacent to an activating group) is 1. The van der Waals surface area contributed by atoms with Gasteiger partial charge in [0.2, 0.25) is 0 Å². The summed E-state index contributed by atoms with van der Waals surface area (Å²) in [5, 5.41) is 12.2. The first-order valence-electron chi connectivity index (χ1n) is 11.2. The molecule has 1 N–H and O–H groups in total. The van der Waals surface area contributed by atoms with Crippen LogP contribution in [0.4, 0.5) is 0 Å². The van der Waals surface area contributed by atoms with Gasteiger partial charge in [-0.15, -0.1) is 10.2 Å². The van der Waals surface area contributed by atoms with Crippen molar-refractivity contribution in [2.45, 2.75) is 71.4 Å². The summed E-state index contributed by atoms with van der Waals surface area (Å²) >= 11 is 0. The number of aromatic nitrogens is 3. The third-order valence-corrected chi connectivity index (χ3v) is 7.36. The molecule has 1 aromatic rings. The number of likely N-dealkylation sites (tertiary alicyclic amines) is 2. The number of guanidine groups is 1. The minimum atomic E-state index is 0.548. The Morgan fingerprint density at radius 2 is 2.00 bits per heavy atom. The molecule has 0 amide bonds. The molecule has 1 saturated carbocycles. The molecule has 1 atom stereocenters. The first-order chi connectivity index (χ1) is 13.6. The maximum Gasteiger partial charge on any atom is 0.194 e. The summed E-state index contributed by atoms with van der Waals surface area (Å²) in [4.78, 5) is 10.1. The minimum Gasteiger partial charge on any atom is -0.355 e. The van der Waals surface area contributed by atoms with Gasteiger partial charge in [-0.05, 0) is 57.5 Å². The van der Waals surface area contributed by atoms with Gasteiger partial charge in [-0.3, -0.25) is 4.90 Å². The molecule has 156 valence electrons. The molecule has 3 fully saturated rings. The SMILES string of the molecule is CCN1CCCC1CNC(=NCc1nnc(C)n1C)N1CCC2(CCCC2)C1. The van der Waals surface area contributed by atoms with E-state index in [1.165, 1.54) is 58.0 Å². The fraction of sp³-hybridized carbons (Fsp3) is 0.857. The van der Waals surface area contributed by atoms with Crippen molar-refractivity contribution in [3.63, 3.8) is 0 Å². The predicted octanol–water partition coefficient (Wildman–Crippen LogP) is 2.32. The van der Waals surface area contributed by atoms with Crippen molar-refractivity contribution >= 4 is 5.96 Å². The number of rotatable bonds is 5. The molecule has 7 heteroatoms. The molecule has 0 aromatic carbocycles. The van der Waals surface area contributed by atoms with Crippen LogP contribution in [0.25, 0.3) is 0 Å². The van der Waals surface area contributed by atoms with Crippen LogP contribution in [0.15, 0.2) is 4.99 Å². The van der Waals surface area contributed by atoms with Gasteiger partial charge in [0.15, 0.2) is 11.8 Å². The Morgan fingerprint density at radius 3 is 2.71 bits per heavy atom. The van der Waals surface area contributed by atoms with Crippen LogP contribution in [-0.2, 0) is 13.6 Å². The second-order valence-electron chi connectivity index (χ2n) is 9.05. The zero-order valence-corrected chi connectivity index (χ0v) is 18.0. The summed E-state index contributed by atoms with van der Waals surface area (Å²) in [6.45, 7) is 10.5. The number of hydrogen-bond donors (Lipinski definition) is 1. The third kappa shape index (κ3) is 4.04. The van der Waals surface area contributed by atoms with E-state index in [0.717, 1.165) is 37.2 Å². The van der Waals surface area contributed by atoms with E-state index in [1.54, 1.807) is 0 Å². The Hall–Kier alpha value is -1.63. The van der Waals surface area contributed by atoms with E-state index in [9.17, 15) is 0 Å². The number of aryl methyl sites for hydroxylation is 1. The van der Waals surface area contributed by atoms with Gasteiger partial charge in [0.1, 0.15) is 12.4 Å². The highest BCUT2D eigenvalue weighted by molar-refractivity contribution is 5.80. The molecule has 2 aliphatic heterocycles. The van der Waals surface area contributed by atoms with Crippen LogP contribution in [0.5, 0.6) is 0 Å². The molecular formula is C21H37N7. The Morgan fingerprint density at radius 1 is 1.18 bits per heavy atom. The van der Waals surface area contributed by atoms with Crippen molar-refractivity contribution in [3.05, 3.63) is 11.6 Å². The molecule has 1 unspecified atom stereocenters. The summed E-state index contributed by atoms with van der Waals surface area (Å²) in [7, 11) is 2.02. The Bertz CT molecular complexity index is 689. The van der Waals surface area contributed by atoms with Gasteiger partial charge in [0, 0.05) is 32.7 Å². The summed E-state index contributed by atoms with van der Waals surface area (Å²) in [5.41, 5.74) is 0.548. The molecule has 0 bridgehead atoms. The number of nitrogens with zero attached hydrogens (tertiary/aromatic N) is 6. The zero-order valence-electron chi connectivity index (χ0n) is 18.0. The first-order valence-corrected chi connectivity index (χ1v) is 11.2. The van der Waals surface area contributed by atoms with Crippen LogP contribution in [0.1, 0.15) is 63.5 Å². The molecule has 1 aromatic heterocycles. The first kappa shape index (κ1) is 19.7. The molecule has 1 spiro atoms. The number of nitrogens with one attached hydrogen (secondary N) is 1. The molecule has 0 radical (unpaired) electrons. The third-order valence-electron chi connectivity index (χ3n) is 7.36. The number of hydrogen-bond acceptors (Lipinski definition) is 4. The van der Waals surface area contributed by atoms with Crippen molar-refractivity contribution in [3.8, 4) is 0 Å². The minimum absolute atomic E-state index is 0.548. The van der Waals surface area contributed by atoms with Crippen LogP contribution in [0.2, 0.25) is 0 Å². The fourth-order valence-electron chi connectivity index (χ4n) is 5.40.